The zero-order chi connectivity index (χ0) is 18.1. The maximum Gasteiger partial charge on any atom is 0.411 e. The Morgan fingerprint density at radius 3 is 2.60 bits per heavy atom. The molecule has 1 aromatic carbocycles. The molecule has 2 amide bonds. The number of ether oxygens (including phenoxy) is 3. The number of carbonyl (C=O) groups is 2. The second-order valence-corrected chi connectivity index (χ2v) is 5.73. The van der Waals surface area contributed by atoms with Crippen LogP contribution in [0.3, 0.4) is 0 Å². The zero-order valence-electron chi connectivity index (χ0n) is 14.8. The summed E-state index contributed by atoms with van der Waals surface area (Å²) in [7, 11) is 0. The van der Waals surface area contributed by atoms with Crippen molar-refractivity contribution in [2.45, 2.75) is 45.6 Å². The fourth-order valence-corrected chi connectivity index (χ4v) is 2.76. The molecule has 1 heterocycles. The average molecular weight is 350 g/mol. The van der Waals surface area contributed by atoms with Crippen LogP contribution in [0.5, 0.6) is 0 Å². The molecule has 7 heteroatoms. The predicted octanol–water partition coefficient (Wildman–Crippen LogP) is 2.90. The van der Waals surface area contributed by atoms with Gasteiger partial charge in [-0.1, -0.05) is 30.3 Å². The molecule has 0 saturated carbocycles. The summed E-state index contributed by atoms with van der Waals surface area (Å²) < 4.78 is 15.9. The molecule has 1 fully saturated rings. The molecule has 25 heavy (non-hydrogen) atoms. The van der Waals surface area contributed by atoms with Gasteiger partial charge in [-0.25, -0.2) is 9.59 Å². The highest BCUT2D eigenvalue weighted by Crippen LogP contribution is 2.20. The monoisotopic (exact) mass is 350 g/mol. The van der Waals surface area contributed by atoms with Gasteiger partial charge in [0.15, 0.2) is 0 Å². The van der Waals surface area contributed by atoms with Crippen LogP contribution < -0.4 is 5.32 Å². The van der Waals surface area contributed by atoms with Crippen molar-refractivity contribution in [1.29, 1.82) is 0 Å². The number of amides is 2. The molecule has 0 radical (unpaired) electrons. The summed E-state index contributed by atoms with van der Waals surface area (Å²) in [6.45, 7) is 5.13. The molecular formula is C18H26N2O5. The molecule has 0 aromatic heterocycles. The quantitative estimate of drug-likeness (QED) is 0.854. The van der Waals surface area contributed by atoms with Gasteiger partial charge in [0, 0.05) is 25.6 Å². The summed E-state index contributed by atoms with van der Waals surface area (Å²) in [5.41, 5.74) is 0.932. The average Bonchev–Trinajstić information content (AvgIpc) is 2.61. The van der Waals surface area contributed by atoms with Crippen LogP contribution >= 0.6 is 0 Å². The molecule has 1 aliphatic rings. The Morgan fingerprint density at radius 1 is 1.16 bits per heavy atom. The molecule has 1 saturated heterocycles. The van der Waals surface area contributed by atoms with Crippen LogP contribution in [0.15, 0.2) is 30.3 Å². The largest absolute Gasteiger partial charge is 0.450 e. The fourth-order valence-electron chi connectivity index (χ4n) is 2.76. The molecule has 2 rings (SSSR count). The SMILES string of the molecule is CCOC(=O)N1CCC(NC(=O)OCc2ccccc2)C[C@@H]1OCC. The van der Waals surface area contributed by atoms with Crippen LogP contribution in [0.25, 0.3) is 0 Å². The minimum absolute atomic E-state index is 0.106. The maximum absolute atomic E-state index is 12.0. The Balaban J connectivity index is 1.82. The Labute approximate surface area is 148 Å². The number of nitrogens with zero attached hydrogens (tertiary/aromatic N) is 1. The lowest BCUT2D eigenvalue weighted by Gasteiger charge is -2.38. The second kappa shape index (κ2) is 9.88. The van der Waals surface area contributed by atoms with Crippen LogP contribution in [0.4, 0.5) is 9.59 Å². The van der Waals surface area contributed by atoms with Gasteiger partial charge in [-0.3, -0.25) is 4.90 Å². The van der Waals surface area contributed by atoms with Crippen LogP contribution in [0.1, 0.15) is 32.3 Å². The van der Waals surface area contributed by atoms with Gasteiger partial charge in [0.25, 0.3) is 0 Å². The van der Waals surface area contributed by atoms with Crippen molar-refractivity contribution in [3.63, 3.8) is 0 Å². The number of hydrogen-bond donors (Lipinski definition) is 1. The minimum Gasteiger partial charge on any atom is -0.450 e. The first-order valence-corrected chi connectivity index (χ1v) is 8.66. The first kappa shape index (κ1) is 19.1. The highest BCUT2D eigenvalue weighted by molar-refractivity contribution is 5.69. The molecular weight excluding hydrogens is 324 g/mol. The van der Waals surface area contributed by atoms with Crippen LogP contribution in [0, 0.1) is 0 Å². The van der Waals surface area contributed by atoms with Crippen molar-refractivity contribution in [2.24, 2.45) is 0 Å². The smallest absolute Gasteiger partial charge is 0.411 e. The van der Waals surface area contributed by atoms with E-state index in [0.29, 0.717) is 32.6 Å². The van der Waals surface area contributed by atoms with E-state index in [1.807, 2.05) is 37.3 Å². The Hall–Kier alpha value is -2.28. The number of likely N-dealkylation sites (tertiary alicyclic amines) is 1. The van der Waals surface area contributed by atoms with E-state index in [-0.39, 0.29) is 18.7 Å². The minimum atomic E-state index is -0.464. The number of piperidine rings is 1. The van der Waals surface area contributed by atoms with E-state index >= 15 is 0 Å². The molecule has 0 aliphatic carbocycles. The lowest BCUT2D eigenvalue weighted by Crippen LogP contribution is -2.53. The van der Waals surface area contributed by atoms with Crippen molar-refractivity contribution < 1.29 is 23.8 Å². The number of carbonyl (C=O) groups excluding carboxylic acids is 2. The topological polar surface area (TPSA) is 77.1 Å². The summed E-state index contributed by atoms with van der Waals surface area (Å²) in [5.74, 6) is 0. The number of nitrogens with one attached hydrogen (secondary N) is 1. The predicted molar refractivity (Wildman–Crippen MR) is 91.9 cm³/mol. The van der Waals surface area contributed by atoms with Crippen LogP contribution in [-0.4, -0.2) is 49.1 Å². The lowest BCUT2D eigenvalue weighted by molar-refractivity contribution is -0.0731. The van der Waals surface area contributed by atoms with Gasteiger partial charge in [0.2, 0.25) is 0 Å². The van der Waals surface area contributed by atoms with Crippen LogP contribution in [0.2, 0.25) is 0 Å². The lowest BCUT2D eigenvalue weighted by atomic mass is 10.0. The van der Waals surface area contributed by atoms with E-state index in [0.717, 1.165) is 5.56 Å². The van der Waals surface area contributed by atoms with E-state index in [9.17, 15) is 9.59 Å². The maximum atomic E-state index is 12.0. The van der Waals surface area contributed by atoms with Crippen molar-refractivity contribution in [1.82, 2.24) is 10.2 Å². The normalized spacial score (nSPS) is 20.0. The number of benzene rings is 1. The van der Waals surface area contributed by atoms with Gasteiger partial charge in [-0.2, -0.15) is 0 Å². The van der Waals surface area contributed by atoms with Gasteiger partial charge in [-0.05, 0) is 25.8 Å². The standard InChI is InChI=1S/C18H26N2O5/c1-3-23-16-12-15(10-11-20(16)18(22)24-4-2)19-17(21)25-13-14-8-6-5-7-9-14/h5-9,15-16H,3-4,10-13H2,1-2H3,(H,19,21)/t15?,16-/m0/s1. The van der Waals surface area contributed by atoms with Crippen LogP contribution in [-0.2, 0) is 20.8 Å². The molecule has 1 unspecified atom stereocenters. The third-order valence-corrected chi connectivity index (χ3v) is 3.95. The molecule has 1 N–H and O–H groups in total. The van der Waals surface area contributed by atoms with E-state index in [4.69, 9.17) is 14.2 Å². The van der Waals surface area contributed by atoms with E-state index in [1.54, 1.807) is 11.8 Å². The number of hydrogen-bond acceptors (Lipinski definition) is 5. The Bertz CT molecular complexity index is 552. The van der Waals surface area contributed by atoms with Crippen molar-refractivity contribution in [2.75, 3.05) is 19.8 Å². The molecule has 7 nitrogen and oxygen atoms in total. The van der Waals surface area contributed by atoms with E-state index < -0.39 is 12.3 Å². The van der Waals surface area contributed by atoms with Gasteiger partial charge in [-0.15, -0.1) is 0 Å². The molecule has 0 spiro atoms. The first-order chi connectivity index (χ1) is 12.1. The summed E-state index contributed by atoms with van der Waals surface area (Å²) in [6, 6.07) is 9.40. The van der Waals surface area contributed by atoms with Gasteiger partial charge < -0.3 is 19.5 Å². The molecule has 1 aliphatic heterocycles. The first-order valence-electron chi connectivity index (χ1n) is 8.66. The molecule has 0 bridgehead atoms. The Morgan fingerprint density at radius 2 is 1.92 bits per heavy atom. The Kier molecular flexibility index (Phi) is 7.53. The number of rotatable bonds is 6. The van der Waals surface area contributed by atoms with Gasteiger partial charge >= 0.3 is 12.2 Å². The van der Waals surface area contributed by atoms with E-state index in [1.165, 1.54) is 0 Å². The second-order valence-electron chi connectivity index (χ2n) is 5.73. The third-order valence-electron chi connectivity index (χ3n) is 3.95. The summed E-state index contributed by atoms with van der Waals surface area (Å²) >= 11 is 0. The molecule has 138 valence electrons. The van der Waals surface area contributed by atoms with E-state index in [2.05, 4.69) is 5.32 Å². The molecule has 1 aromatic rings. The summed E-state index contributed by atoms with van der Waals surface area (Å²) in [5, 5.41) is 2.85. The fraction of sp³-hybridized carbons (Fsp3) is 0.556. The summed E-state index contributed by atoms with van der Waals surface area (Å²) in [6.07, 6.45) is -0.118. The zero-order valence-corrected chi connectivity index (χ0v) is 14.8. The highest BCUT2D eigenvalue weighted by Gasteiger charge is 2.33. The van der Waals surface area contributed by atoms with Crippen molar-refractivity contribution >= 4 is 12.2 Å². The highest BCUT2D eigenvalue weighted by atomic mass is 16.6. The number of alkyl carbamates (subject to hydrolysis) is 1. The van der Waals surface area contributed by atoms with Gasteiger partial charge in [0.1, 0.15) is 12.8 Å². The third kappa shape index (κ3) is 5.94. The molecule has 2 atom stereocenters. The van der Waals surface area contributed by atoms with Crippen molar-refractivity contribution in [3.8, 4) is 0 Å². The van der Waals surface area contributed by atoms with Crippen molar-refractivity contribution in [3.05, 3.63) is 35.9 Å². The summed E-state index contributed by atoms with van der Waals surface area (Å²) in [4.78, 5) is 25.5. The van der Waals surface area contributed by atoms with Gasteiger partial charge in [0.05, 0.1) is 6.61 Å².